The van der Waals surface area contributed by atoms with Crippen molar-refractivity contribution in [3.63, 3.8) is 0 Å². The minimum atomic E-state index is 0.494. The Hall–Kier alpha value is -0.120. The van der Waals surface area contributed by atoms with E-state index >= 15 is 0 Å². The van der Waals surface area contributed by atoms with Crippen molar-refractivity contribution in [3.05, 3.63) is 0 Å². The van der Waals surface area contributed by atoms with E-state index in [0.29, 0.717) is 18.6 Å². The molecular formula is C16H33NO2. The van der Waals surface area contributed by atoms with Crippen LogP contribution in [-0.2, 0) is 9.47 Å². The first-order valence-corrected chi connectivity index (χ1v) is 7.81. The monoisotopic (exact) mass is 271 g/mol. The highest BCUT2D eigenvalue weighted by Crippen LogP contribution is 2.39. The molecule has 1 rings (SSSR count). The van der Waals surface area contributed by atoms with Crippen LogP contribution in [0.3, 0.4) is 0 Å². The molecule has 3 heteroatoms. The molecule has 1 saturated carbocycles. The van der Waals surface area contributed by atoms with Gasteiger partial charge >= 0.3 is 0 Å². The molecule has 1 aliphatic carbocycles. The van der Waals surface area contributed by atoms with Crippen LogP contribution in [0, 0.1) is 17.3 Å². The Morgan fingerprint density at radius 1 is 1.00 bits per heavy atom. The number of rotatable bonds is 8. The van der Waals surface area contributed by atoms with Crippen LogP contribution in [0.2, 0.25) is 0 Å². The SMILES string of the molecule is COCCOCCNCC1CCC(C(C)(C)C)CC1. The maximum absolute atomic E-state index is 5.44. The van der Waals surface area contributed by atoms with Gasteiger partial charge in [0, 0.05) is 13.7 Å². The zero-order valence-corrected chi connectivity index (χ0v) is 13.3. The van der Waals surface area contributed by atoms with Gasteiger partial charge in [-0.1, -0.05) is 20.8 Å². The molecule has 0 aromatic carbocycles. The molecule has 0 radical (unpaired) electrons. The predicted octanol–water partition coefficient (Wildman–Crippen LogP) is 3.09. The molecule has 1 fully saturated rings. The summed E-state index contributed by atoms with van der Waals surface area (Å²) >= 11 is 0. The second kappa shape index (κ2) is 8.93. The first kappa shape index (κ1) is 16.9. The average Bonchev–Trinajstić information content (AvgIpc) is 2.37. The Morgan fingerprint density at radius 2 is 1.68 bits per heavy atom. The summed E-state index contributed by atoms with van der Waals surface area (Å²) in [6.07, 6.45) is 5.58. The van der Waals surface area contributed by atoms with E-state index in [4.69, 9.17) is 9.47 Å². The van der Waals surface area contributed by atoms with E-state index in [0.717, 1.165) is 31.5 Å². The third-order valence-corrected chi connectivity index (χ3v) is 4.36. The average molecular weight is 271 g/mol. The fourth-order valence-electron chi connectivity index (χ4n) is 2.93. The molecule has 3 nitrogen and oxygen atoms in total. The van der Waals surface area contributed by atoms with Crippen molar-refractivity contribution in [1.29, 1.82) is 0 Å². The van der Waals surface area contributed by atoms with Crippen LogP contribution in [0.1, 0.15) is 46.5 Å². The van der Waals surface area contributed by atoms with Gasteiger partial charge in [-0.2, -0.15) is 0 Å². The molecule has 0 spiro atoms. The van der Waals surface area contributed by atoms with Crippen LogP contribution in [0.4, 0.5) is 0 Å². The van der Waals surface area contributed by atoms with Gasteiger partial charge in [-0.05, 0) is 49.5 Å². The van der Waals surface area contributed by atoms with E-state index in [2.05, 4.69) is 26.1 Å². The number of hydrogen-bond donors (Lipinski definition) is 1. The van der Waals surface area contributed by atoms with E-state index in [1.165, 1.54) is 25.7 Å². The van der Waals surface area contributed by atoms with Gasteiger partial charge in [-0.25, -0.2) is 0 Å². The molecule has 114 valence electrons. The van der Waals surface area contributed by atoms with Crippen LogP contribution in [-0.4, -0.2) is 40.0 Å². The number of ether oxygens (including phenoxy) is 2. The first-order chi connectivity index (χ1) is 9.04. The highest BCUT2D eigenvalue weighted by molar-refractivity contribution is 4.81. The summed E-state index contributed by atoms with van der Waals surface area (Å²) in [5.74, 6) is 1.79. The molecular weight excluding hydrogens is 238 g/mol. The molecule has 1 aliphatic rings. The van der Waals surface area contributed by atoms with Gasteiger partial charge in [-0.3, -0.25) is 0 Å². The summed E-state index contributed by atoms with van der Waals surface area (Å²) < 4.78 is 10.4. The van der Waals surface area contributed by atoms with E-state index in [9.17, 15) is 0 Å². The molecule has 1 N–H and O–H groups in total. The predicted molar refractivity (Wildman–Crippen MR) is 80.5 cm³/mol. The zero-order valence-electron chi connectivity index (χ0n) is 13.3. The number of hydrogen-bond acceptors (Lipinski definition) is 3. The summed E-state index contributed by atoms with van der Waals surface area (Å²) in [6.45, 7) is 11.5. The second-order valence-electron chi connectivity index (χ2n) is 6.89. The summed E-state index contributed by atoms with van der Waals surface area (Å²) in [4.78, 5) is 0. The minimum absolute atomic E-state index is 0.494. The van der Waals surface area contributed by atoms with Gasteiger partial charge in [0.2, 0.25) is 0 Å². The zero-order chi connectivity index (χ0) is 14.1. The third-order valence-electron chi connectivity index (χ3n) is 4.36. The van der Waals surface area contributed by atoms with E-state index in [1.54, 1.807) is 7.11 Å². The molecule has 0 saturated heterocycles. The summed E-state index contributed by atoms with van der Waals surface area (Å²) in [5, 5.41) is 3.52. The van der Waals surface area contributed by atoms with Gasteiger partial charge in [0.1, 0.15) is 0 Å². The third kappa shape index (κ3) is 7.28. The Balaban J connectivity index is 1.98. The van der Waals surface area contributed by atoms with Gasteiger partial charge in [0.25, 0.3) is 0 Å². The maximum atomic E-state index is 5.44. The van der Waals surface area contributed by atoms with Crippen molar-refractivity contribution in [1.82, 2.24) is 5.32 Å². The Labute approximate surface area is 119 Å². The quantitative estimate of drug-likeness (QED) is 0.688. The highest BCUT2D eigenvalue weighted by atomic mass is 16.5. The van der Waals surface area contributed by atoms with Crippen LogP contribution in [0.5, 0.6) is 0 Å². The molecule has 0 heterocycles. The molecule has 0 aliphatic heterocycles. The first-order valence-electron chi connectivity index (χ1n) is 7.81. The Kier molecular flexibility index (Phi) is 7.96. The van der Waals surface area contributed by atoms with Crippen LogP contribution >= 0.6 is 0 Å². The smallest absolute Gasteiger partial charge is 0.0700 e. The van der Waals surface area contributed by atoms with Crippen LogP contribution in [0.15, 0.2) is 0 Å². The summed E-state index contributed by atoms with van der Waals surface area (Å²) in [7, 11) is 1.70. The van der Waals surface area contributed by atoms with E-state index < -0.39 is 0 Å². The Bertz CT molecular complexity index is 217. The van der Waals surface area contributed by atoms with Crippen molar-refractivity contribution in [3.8, 4) is 0 Å². The van der Waals surface area contributed by atoms with Crippen molar-refractivity contribution >= 4 is 0 Å². The van der Waals surface area contributed by atoms with Crippen molar-refractivity contribution < 1.29 is 9.47 Å². The van der Waals surface area contributed by atoms with Gasteiger partial charge in [0.05, 0.1) is 19.8 Å². The van der Waals surface area contributed by atoms with Crippen molar-refractivity contribution in [2.45, 2.75) is 46.5 Å². The molecule has 0 unspecified atom stereocenters. The fraction of sp³-hybridized carbons (Fsp3) is 1.00. The summed E-state index contributed by atoms with van der Waals surface area (Å²) in [5.41, 5.74) is 0.494. The van der Waals surface area contributed by atoms with Gasteiger partial charge in [0.15, 0.2) is 0 Å². The Morgan fingerprint density at radius 3 is 2.26 bits per heavy atom. The van der Waals surface area contributed by atoms with Gasteiger partial charge < -0.3 is 14.8 Å². The molecule has 0 aromatic rings. The second-order valence-corrected chi connectivity index (χ2v) is 6.89. The van der Waals surface area contributed by atoms with E-state index in [1.807, 2.05) is 0 Å². The van der Waals surface area contributed by atoms with Crippen LogP contribution < -0.4 is 5.32 Å². The van der Waals surface area contributed by atoms with Crippen molar-refractivity contribution in [2.75, 3.05) is 40.0 Å². The lowest BCUT2D eigenvalue weighted by molar-refractivity contribution is 0.0711. The normalized spacial score (nSPS) is 24.6. The van der Waals surface area contributed by atoms with E-state index in [-0.39, 0.29) is 0 Å². The van der Waals surface area contributed by atoms with Gasteiger partial charge in [-0.15, -0.1) is 0 Å². The molecule has 0 aromatic heterocycles. The van der Waals surface area contributed by atoms with Crippen LogP contribution in [0.25, 0.3) is 0 Å². The number of methoxy groups -OCH3 is 1. The molecule has 0 bridgehead atoms. The largest absolute Gasteiger partial charge is 0.382 e. The molecule has 0 amide bonds. The van der Waals surface area contributed by atoms with Crippen molar-refractivity contribution in [2.24, 2.45) is 17.3 Å². The topological polar surface area (TPSA) is 30.5 Å². The molecule has 0 atom stereocenters. The lowest BCUT2D eigenvalue weighted by Crippen LogP contribution is -2.32. The lowest BCUT2D eigenvalue weighted by Gasteiger charge is -2.37. The standard InChI is InChI=1S/C16H33NO2/c1-16(2,3)15-7-5-14(6-8-15)13-17-9-10-19-12-11-18-4/h14-15,17H,5-13H2,1-4H3. The summed E-state index contributed by atoms with van der Waals surface area (Å²) in [6, 6.07) is 0. The molecule has 19 heavy (non-hydrogen) atoms. The fourth-order valence-corrected chi connectivity index (χ4v) is 2.93. The number of nitrogens with one attached hydrogen (secondary N) is 1. The highest BCUT2D eigenvalue weighted by Gasteiger charge is 2.29. The lowest BCUT2D eigenvalue weighted by atomic mass is 9.70. The minimum Gasteiger partial charge on any atom is -0.382 e. The maximum Gasteiger partial charge on any atom is 0.0700 e.